The van der Waals surface area contributed by atoms with Crippen LogP contribution in [0, 0.1) is 5.92 Å². The molecule has 0 aliphatic carbocycles. The fourth-order valence-electron chi connectivity index (χ4n) is 1.57. The maximum absolute atomic E-state index is 5.67. The Bertz CT molecular complexity index is 341. The van der Waals surface area contributed by atoms with Gasteiger partial charge in [0.15, 0.2) is 5.82 Å². The van der Waals surface area contributed by atoms with Crippen LogP contribution in [0.5, 0.6) is 5.88 Å². The predicted molar refractivity (Wildman–Crippen MR) is 70.5 cm³/mol. The molecule has 0 aromatic carbocycles. The van der Waals surface area contributed by atoms with Gasteiger partial charge >= 0.3 is 0 Å². The van der Waals surface area contributed by atoms with E-state index in [2.05, 4.69) is 28.7 Å². The van der Waals surface area contributed by atoms with Gasteiger partial charge in [-0.05, 0) is 19.8 Å². The topological polar surface area (TPSA) is 38.2 Å². The number of ether oxygens (including phenoxy) is 1. The summed E-state index contributed by atoms with van der Waals surface area (Å²) in [6.07, 6.45) is 4.64. The molecule has 0 aliphatic rings. The van der Waals surface area contributed by atoms with Crippen LogP contribution in [0.2, 0.25) is 0 Å². The van der Waals surface area contributed by atoms with E-state index in [1.165, 1.54) is 0 Å². The van der Waals surface area contributed by atoms with Crippen LogP contribution in [0.25, 0.3) is 0 Å². The highest BCUT2D eigenvalue weighted by Gasteiger charge is 2.14. The second-order valence-electron chi connectivity index (χ2n) is 4.75. The molecule has 4 nitrogen and oxygen atoms in total. The lowest BCUT2D eigenvalue weighted by molar-refractivity contribution is 0.232. The Morgan fingerprint density at radius 3 is 2.47 bits per heavy atom. The molecule has 0 fully saturated rings. The lowest BCUT2D eigenvalue weighted by atomic mass is 10.1. The van der Waals surface area contributed by atoms with E-state index in [1.807, 2.05) is 20.9 Å². The van der Waals surface area contributed by atoms with Crippen LogP contribution in [-0.2, 0) is 0 Å². The Kier molecular flexibility index (Phi) is 5.19. The van der Waals surface area contributed by atoms with Gasteiger partial charge in [0.2, 0.25) is 0 Å². The molecule has 0 aliphatic heterocycles. The molecule has 0 N–H and O–H groups in total. The summed E-state index contributed by atoms with van der Waals surface area (Å²) in [7, 11) is 2.03. The van der Waals surface area contributed by atoms with E-state index in [0.29, 0.717) is 11.8 Å². The summed E-state index contributed by atoms with van der Waals surface area (Å²) < 4.78 is 5.67. The van der Waals surface area contributed by atoms with Crippen LogP contribution in [0.4, 0.5) is 5.82 Å². The van der Waals surface area contributed by atoms with Gasteiger partial charge in [-0.15, -0.1) is 0 Å². The molecule has 1 heterocycles. The third-order valence-electron chi connectivity index (χ3n) is 2.64. The second kappa shape index (κ2) is 6.42. The van der Waals surface area contributed by atoms with Crippen LogP contribution in [0.3, 0.4) is 0 Å². The molecule has 0 radical (unpaired) electrons. The fraction of sp³-hybridized carbons (Fsp3) is 0.692. The smallest absolute Gasteiger partial charge is 0.257 e. The van der Waals surface area contributed by atoms with Crippen molar-refractivity contribution in [2.75, 3.05) is 18.5 Å². The first kappa shape index (κ1) is 13.7. The van der Waals surface area contributed by atoms with Crippen LogP contribution in [0.15, 0.2) is 12.4 Å². The Morgan fingerprint density at radius 1 is 1.24 bits per heavy atom. The highest BCUT2D eigenvalue weighted by Crippen LogP contribution is 2.23. The average molecular weight is 237 g/mol. The molecule has 0 amide bonds. The monoisotopic (exact) mass is 237 g/mol. The summed E-state index contributed by atoms with van der Waals surface area (Å²) in [5.41, 5.74) is 0. The molecule has 0 saturated carbocycles. The van der Waals surface area contributed by atoms with E-state index in [9.17, 15) is 0 Å². The van der Waals surface area contributed by atoms with Crippen molar-refractivity contribution in [1.82, 2.24) is 9.97 Å². The molecule has 1 rings (SSSR count). The Balaban J connectivity index is 2.81. The standard InChI is InChI=1S/C13H23N3O/c1-6-11(4)9-16(5)12-13(17-10(2)3)15-8-7-14-12/h7-8,10-11H,6,9H2,1-5H3. The molecule has 0 bridgehead atoms. The lowest BCUT2D eigenvalue weighted by Crippen LogP contribution is -2.25. The lowest BCUT2D eigenvalue weighted by Gasteiger charge is -2.23. The molecule has 4 heteroatoms. The number of aromatic nitrogens is 2. The largest absolute Gasteiger partial charge is 0.472 e. The SMILES string of the molecule is CCC(C)CN(C)c1nccnc1OC(C)C. The zero-order valence-corrected chi connectivity index (χ0v) is 11.5. The van der Waals surface area contributed by atoms with Crippen molar-refractivity contribution in [3.05, 3.63) is 12.4 Å². The highest BCUT2D eigenvalue weighted by atomic mass is 16.5. The van der Waals surface area contributed by atoms with Crippen molar-refractivity contribution in [3.8, 4) is 5.88 Å². The average Bonchev–Trinajstić information content (AvgIpc) is 2.28. The molecule has 96 valence electrons. The molecule has 1 atom stereocenters. The van der Waals surface area contributed by atoms with Crippen LogP contribution in [0.1, 0.15) is 34.1 Å². The summed E-state index contributed by atoms with van der Waals surface area (Å²) in [5, 5.41) is 0. The zero-order chi connectivity index (χ0) is 12.8. The van der Waals surface area contributed by atoms with E-state index < -0.39 is 0 Å². The first-order valence-electron chi connectivity index (χ1n) is 6.23. The number of hydrogen-bond donors (Lipinski definition) is 0. The number of nitrogens with zero attached hydrogens (tertiary/aromatic N) is 3. The molecule has 1 aromatic rings. The molecular weight excluding hydrogens is 214 g/mol. The van der Waals surface area contributed by atoms with Crippen molar-refractivity contribution in [2.45, 2.75) is 40.2 Å². The molecule has 17 heavy (non-hydrogen) atoms. The van der Waals surface area contributed by atoms with Gasteiger partial charge in [-0.3, -0.25) is 0 Å². The minimum atomic E-state index is 0.113. The third kappa shape index (κ3) is 4.21. The van der Waals surface area contributed by atoms with Gasteiger partial charge in [-0.1, -0.05) is 20.3 Å². The van der Waals surface area contributed by atoms with Gasteiger partial charge in [-0.25, -0.2) is 9.97 Å². The molecule has 0 saturated heterocycles. The molecular formula is C13H23N3O. The Labute approximate surface area is 104 Å². The first-order valence-corrected chi connectivity index (χ1v) is 6.23. The van der Waals surface area contributed by atoms with Crippen molar-refractivity contribution in [1.29, 1.82) is 0 Å². The van der Waals surface area contributed by atoms with Crippen molar-refractivity contribution >= 4 is 5.82 Å². The van der Waals surface area contributed by atoms with Crippen molar-refractivity contribution in [2.24, 2.45) is 5.92 Å². The molecule has 1 aromatic heterocycles. The first-order chi connectivity index (χ1) is 8.04. The summed E-state index contributed by atoms with van der Waals surface area (Å²) in [6, 6.07) is 0. The molecule has 0 spiro atoms. The van der Waals surface area contributed by atoms with Crippen molar-refractivity contribution in [3.63, 3.8) is 0 Å². The predicted octanol–water partition coefficient (Wildman–Crippen LogP) is 2.75. The van der Waals surface area contributed by atoms with Crippen molar-refractivity contribution < 1.29 is 4.74 Å². The maximum Gasteiger partial charge on any atom is 0.257 e. The number of rotatable bonds is 6. The van der Waals surface area contributed by atoms with E-state index in [4.69, 9.17) is 4.74 Å². The third-order valence-corrected chi connectivity index (χ3v) is 2.64. The van der Waals surface area contributed by atoms with Gasteiger partial charge in [0.05, 0.1) is 6.10 Å². The maximum atomic E-state index is 5.67. The number of hydrogen-bond acceptors (Lipinski definition) is 4. The highest BCUT2D eigenvalue weighted by molar-refractivity contribution is 5.47. The van der Waals surface area contributed by atoms with E-state index >= 15 is 0 Å². The molecule has 1 unspecified atom stereocenters. The van der Waals surface area contributed by atoms with E-state index in [-0.39, 0.29) is 6.10 Å². The summed E-state index contributed by atoms with van der Waals surface area (Å²) in [6.45, 7) is 9.38. The summed E-state index contributed by atoms with van der Waals surface area (Å²) in [4.78, 5) is 10.7. The second-order valence-corrected chi connectivity index (χ2v) is 4.75. The number of anilines is 1. The fourth-order valence-corrected chi connectivity index (χ4v) is 1.57. The minimum Gasteiger partial charge on any atom is -0.472 e. The van der Waals surface area contributed by atoms with Gasteiger partial charge in [0, 0.05) is 26.0 Å². The normalized spacial score (nSPS) is 12.6. The van der Waals surface area contributed by atoms with E-state index in [0.717, 1.165) is 18.8 Å². The van der Waals surface area contributed by atoms with Gasteiger partial charge in [0.1, 0.15) is 0 Å². The Hall–Kier alpha value is -1.32. The van der Waals surface area contributed by atoms with Gasteiger partial charge < -0.3 is 9.64 Å². The van der Waals surface area contributed by atoms with E-state index in [1.54, 1.807) is 12.4 Å². The minimum absolute atomic E-state index is 0.113. The van der Waals surface area contributed by atoms with Crippen LogP contribution in [-0.4, -0.2) is 29.7 Å². The quantitative estimate of drug-likeness (QED) is 0.762. The summed E-state index contributed by atoms with van der Waals surface area (Å²) >= 11 is 0. The van der Waals surface area contributed by atoms with Gasteiger partial charge in [-0.2, -0.15) is 0 Å². The summed E-state index contributed by atoms with van der Waals surface area (Å²) in [5.74, 6) is 2.07. The van der Waals surface area contributed by atoms with Crippen LogP contribution < -0.4 is 9.64 Å². The Morgan fingerprint density at radius 2 is 1.88 bits per heavy atom. The van der Waals surface area contributed by atoms with Gasteiger partial charge in [0.25, 0.3) is 5.88 Å². The van der Waals surface area contributed by atoms with Crippen LogP contribution >= 0.6 is 0 Å². The zero-order valence-electron chi connectivity index (χ0n) is 11.5.